The number of benzene rings is 1. The number of ketones is 1. The van der Waals surface area contributed by atoms with Crippen LogP contribution in [-0.4, -0.2) is 29.0 Å². The van der Waals surface area contributed by atoms with Crippen molar-refractivity contribution in [2.75, 3.05) is 7.11 Å². The highest BCUT2D eigenvalue weighted by Gasteiger charge is 2.20. The number of fused-ring (bicyclic) bond motifs is 1. The van der Waals surface area contributed by atoms with Gasteiger partial charge in [-0.25, -0.2) is 4.98 Å². The van der Waals surface area contributed by atoms with Crippen molar-refractivity contribution >= 4 is 49.2 Å². The van der Waals surface area contributed by atoms with Crippen LogP contribution in [0.5, 0.6) is 5.75 Å². The number of halogens is 1. The smallest absolute Gasteiger partial charge is 0.306 e. The number of carboxylic acids is 1. The van der Waals surface area contributed by atoms with Crippen molar-refractivity contribution in [3.63, 3.8) is 0 Å². The van der Waals surface area contributed by atoms with E-state index in [1.54, 1.807) is 19.2 Å². The van der Waals surface area contributed by atoms with Crippen molar-refractivity contribution in [3.05, 3.63) is 21.6 Å². The summed E-state index contributed by atoms with van der Waals surface area (Å²) in [5, 5.41) is 9.16. The summed E-state index contributed by atoms with van der Waals surface area (Å²) in [4.78, 5) is 27.0. The van der Waals surface area contributed by atoms with Crippen molar-refractivity contribution in [2.45, 2.75) is 13.3 Å². The normalized spacial score (nSPS) is 12.3. The maximum absolute atomic E-state index is 12.0. The number of thiazole rings is 1. The zero-order valence-corrected chi connectivity index (χ0v) is 13.2. The molecule has 1 heterocycles. The number of hydrogen-bond donors (Lipinski definition) is 1. The Morgan fingerprint density at radius 1 is 1.50 bits per heavy atom. The number of carbonyl (C=O) groups is 2. The average molecular weight is 358 g/mol. The second-order valence-corrected chi connectivity index (χ2v) is 6.23. The molecule has 1 N–H and O–H groups in total. The highest BCUT2D eigenvalue weighted by molar-refractivity contribution is 9.10. The van der Waals surface area contributed by atoms with Gasteiger partial charge in [0.05, 0.1) is 27.7 Å². The first-order valence-electron chi connectivity index (χ1n) is 5.82. The number of rotatable bonds is 5. The molecule has 1 atom stereocenters. The monoisotopic (exact) mass is 357 g/mol. The van der Waals surface area contributed by atoms with Gasteiger partial charge in [-0.2, -0.15) is 0 Å². The van der Waals surface area contributed by atoms with Crippen LogP contribution >= 0.6 is 27.3 Å². The molecule has 0 saturated carbocycles. The summed E-state index contributed by atoms with van der Waals surface area (Å²) >= 11 is 4.60. The lowest BCUT2D eigenvalue weighted by atomic mass is 10.1. The van der Waals surface area contributed by atoms with Crippen LogP contribution in [0.15, 0.2) is 16.6 Å². The van der Waals surface area contributed by atoms with Crippen molar-refractivity contribution in [2.24, 2.45) is 5.92 Å². The summed E-state index contributed by atoms with van der Waals surface area (Å²) in [6, 6.07) is 3.58. The largest absolute Gasteiger partial charge is 0.496 e. The Kier molecular flexibility index (Phi) is 4.39. The van der Waals surface area contributed by atoms with E-state index in [2.05, 4.69) is 20.9 Å². The van der Waals surface area contributed by atoms with Gasteiger partial charge in [0.2, 0.25) is 0 Å². The van der Waals surface area contributed by atoms with E-state index < -0.39 is 11.9 Å². The van der Waals surface area contributed by atoms with Crippen molar-refractivity contribution in [1.29, 1.82) is 0 Å². The van der Waals surface area contributed by atoms with Gasteiger partial charge in [-0.3, -0.25) is 9.59 Å². The topological polar surface area (TPSA) is 76.5 Å². The molecule has 1 aromatic heterocycles. The SMILES string of the molecule is COc1cc2sc(C(=O)CC(C)C(=O)O)nc2cc1Br. The summed E-state index contributed by atoms with van der Waals surface area (Å²) in [5.41, 5.74) is 0.689. The van der Waals surface area contributed by atoms with E-state index in [1.165, 1.54) is 18.3 Å². The van der Waals surface area contributed by atoms with E-state index in [0.717, 1.165) is 9.17 Å². The third kappa shape index (κ3) is 2.99. The van der Waals surface area contributed by atoms with Gasteiger partial charge in [-0.1, -0.05) is 6.92 Å². The number of methoxy groups -OCH3 is 1. The van der Waals surface area contributed by atoms with Gasteiger partial charge < -0.3 is 9.84 Å². The standard InChI is InChI=1S/C13H12BrNO4S/c1-6(13(17)18)3-9(16)12-15-8-4-7(14)10(19-2)5-11(8)20-12/h4-6H,3H2,1-2H3,(H,17,18). The van der Waals surface area contributed by atoms with Gasteiger partial charge in [0.25, 0.3) is 0 Å². The second kappa shape index (κ2) is 5.88. The molecule has 0 aliphatic rings. The number of carbonyl (C=O) groups excluding carboxylic acids is 1. The molecular weight excluding hydrogens is 346 g/mol. The van der Waals surface area contributed by atoms with Crippen LogP contribution in [0.1, 0.15) is 23.1 Å². The first-order chi connectivity index (χ1) is 9.42. The van der Waals surface area contributed by atoms with Crippen molar-refractivity contribution in [1.82, 2.24) is 4.98 Å². The molecule has 0 spiro atoms. The molecule has 20 heavy (non-hydrogen) atoms. The fraction of sp³-hybridized carbons (Fsp3) is 0.308. The lowest BCUT2D eigenvalue weighted by Gasteiger charge is -2.01. The molecule has 0 aliphatic heterocycles. The van der Waals surface area contributed by atoms with Crippen molar-refractivity contribution < 1.29 is 19.4 Å². The lowest BCUT2D eigenvalue weighted by Crippen LogP contribution is -2.14. The summed E-state index contributed by atoms with van der Waals surface area (Å²) in [6.45, 7) is 1.51. The number of hydrogen-bond acceptors (Lipinski definition) is 5. The predicted octanol–water partition coefficient (Wildman–Crippen LogP) is 3.36. The minimum atomic E-state index is -0.983. The highest BCUT2D eigenvalue weighted by Crippen LogP contribution is 2.33. The fourth-order valence-corrected chi connectivity index (χ4v) is 3.08. The van der Waals surface area contributed by atoms with E-state index in [-0.39, 0.29) is 12.2 Å². The Morgan fingerprint density at radius 3 is 2.80 bits per heavy atom. The number of ether oxygens (including phenoxy) is 1. The first kappa shape index (κ1) is 14.9. The van der Waals surface area contributed by atoms with Gasteiger partial charge in [0.15, 0.2) is 10.8 Å². The quantitative estimate of drug-likeness (QED) is 0.830. The molecule has 0 aliphatic carbocycles. The van der Waals surface area contributed by atoms with Gasteiger partial charge in [-0.05, 0) is 22.0 Å². The van der Waals surface area contributed by atoms with Crippen molar-refractivity contribution in [3.8, 4) is 5.75 Å². The summed E-state index contributed by atoms with van der Waals surface area (Å²) in [5.74, 6) is -1.28. The summed E-state index contributed by atoms with van der Waals surface area (Å²) in [6.07, 6.45) is -0.0482. The van der Waals surface area contributed by atoms with Crippen LogP contribution in [0.25, 0.3) is 10.2 Å². The van der Waals surface area contributed by atoms with Crippen LogP contribution in [0, 0.1) is 5.92 Å². The second-order valence-electron chi connectivity index (χ2n) is 4.34. The molecule has 0 bridgehead atoms. The minimum absolute atomic E-state index is 0.0482. The van der Waals surface area contributed by atoms with Gasteiger partial charge in [0.1, 0.15) is 5.75 Å². The predicted molar refractivity (Wildman–Crippen MR) is 79.6 cm³/mol. The van der Waals surface area contributed by atoms with Crippen LogP contribution < -0.4 is 4.74 Å². The molecule has 106 valence electrons. The van der Waals surface area contributed by atoms with E-state index >= 15 is 0 Å². The molecule has 1 aromatic carbocycles. The number of carboxylic acid groups (broad SMARTS) is 1. The van der Waals surface area contributed by atoms with Crippen LogP contribution in [0.4, 0.5) is 0 Å². The summed E-state index contributed by atoms with van der Waals surface area (Å²) < 4.78 is 6.78. The zero-order chi connectivity index (χ0) is 14.9. The first-order valence-corrected chi connectivity index (χ1v) is 7.43. The molecule has 1 unspecified atom stereocenters. The number of nitrogens with zero attached hydrogens (tertiary/aromatic N) is 1. The molecule has 0 amide bonds. The molecular formula is C13H12BrNO4S. The molecule has 2 aromatic rings. The Balaban J connectivity index is 2.32. The van der Waals surface area contributed by atoms with Gasteiger partial charge >= 0.3 is 5.97 Å². The number of aromatic nitrogens is 1. The average Bonchev–Trinajstić information content (AvgIpc) is 2.80. The summed E-state index contributed by atoms with van der Waals surface area (Å²) in [7, 11) is 1.56. The molecule has 2 rings (SSSR count). The maximum Gasteiger partial charge on any atom is 0.306 e. The Morgan fingerprint density at radius 2 is 2.20 bits per heavy atom. The van der Waals surface area contributed by atoms with E-state index in [0.29, 0.717) is 16.3 Å². The molecule has 0 saturated heterocycles. The van der Waals surface area contributed by atoms with Gasteiger partial charge in [0, 0.05) is 12.5 Å². The lowest BCUT2D eigenvalue weighted by molar-refractivity contribution is -0.141. The number of Topliss-reactive ketones (excluding diaryl/α,β-unsaturated/α-hetero) is 1. The van der Waals surface area contributed by atoms with E-state index in [1.807, 2.05) is 0 Å². The third-order valence-electron chi connectivity index (χ3n) is 2.81. The minimum Gasteiger partial charge on any atom is -0.496 e. The molecule has 7 heteroatoms. The third-order valence-corrected chi connectivity index (χ3v) is 4.49. The Labute approximate surface area is 127 Å². The van der Waals surface area contributed by atoms with Gasteiger partial charge in [-0.15, -0.1) is 11.3 Å². The fourth-order valence-electron chi connectivity index (χ4n) is 1.66. The Bertz CT molecular complexity index is 682. The van der Waals surface area contributed by atoms with Crippen LogP contribution in [0.2, 0.25) is 0 Å². The molecule has 0 fully saturated rings. The zero-order valence-electron chi connectivity index (χ0n) is 10.8. The van der Waals surface area contributed by atoms with E-state index in [9.17, 15) is 9.59 Å². The number of aliphatic carboxylic acids is 1. The van der Waals surface area contributed by atoms with Crippen LogP contribution in [-0.2, 0) is 4.79 Å². The molecule has 5 nitrogen and oxygen atoms in total. The molecule has 0 radical (unpaired) electrons. The Hall–Kier alpha value is -1.47. The van der Waals surface area contributed by atoms with Crippen LogP contribution in [0.3, 0.4) is 0 Å². The van der Waals surface area contributed by atoms with E-state index in [4.69, 9.17) is 9.84 Å². The maximum atomic E-state index is 12.0. The highest BCUT2D eigenvalue weighted by atomic mass is 79.9.